The Hall–Kier alpha value is -2.02. The van der Waals surface area contributed by atoms with E-state index < -0.39 is 0 Å². The molecule has 2 fully saturated rings. The molecule has 7 heteroatoms. The fraction of sp³-hybridized carbons (Fsp3) is 0.609. The zero-order valence-electron chi connectivity index (χ0n) is 18.0. The van der Waals surface area contributed by atoms with Crippen LogP contribution in [0.3, 0.4) is 0 Å². The van der Waals surface area contributed by atoms with Crippen molar-refractivity contribution in [2.45, 2.75) is 76.2 Å². The number of benzene rings is 1. The van der Waals surface area contributed by atoms with E-state index >= 15 is 0 Å². The van der Waals surface area contributed by atoms with Gasteiger partial charge in [0.2, 0.25) is 11.8 Å². The number of imidazole rings is 1. The third-order valence-electron chi connectivity index (χ3n) is 6.43. The third-order valence-corrected chi connectivity index (χ3v) is 7.39. The lowest BCUT2D eigenvalue weighted by molar-refractivity contribution is -0.134. The Bertz CT molecular complexity index is 896. The summed E-state index contributed by atoms with van der Waals surface area (Å²) in [6.45, 7) is 6.26. The smallest absolute Gasteiger partial charge is 0.242 e. The van der Waals surface area contributed by atoms with Gasteiger partial charge in [0.05, 0.1) is 16.8 Å². The van der Waals surface area contributed by atoms with Gasteiger partial charge in [-0.1, -0.05) is 23.9 Å². The number of likely N-dealkylation sites (tertiary alicyclic amines) is 2. The molecule has 0 N–H and O–H groups in total. The van der Waals surface area contributed by atoms with Gasteiger partial charge in [-0.15, -0.1) is 0 Å². The number of rotatable bonds is 5. The first-order valence-corrected chi connectivity index (χ1v) is 12.2. The Morgan fingerprint density at radius 1 is 1.00 bits per heavy atom. The van der Waals surface area contributed by atoms with Crippen molar-refractivity contribution in [3.63, 3.8) is 0 Å². The van der Waals surface area contributed by atoms with E-state index in [-0.39, 0.29) is 18.4 Å². The highest BCUT2D eigenvalue weighted by atomic mass is 32.2. The number of fused-ring (bicyclic) bond motifs is 1. The van der Waals surface area contributed by atoms with Crippen molar-refractivity contribution in [1.29, 1.82) is 0 Å². The highest BCUT2D eigenvalue weighted by Gasteiger charge is 2.29. The Morgan fingerprint density at radius 2 is 1.70 bits per heavy atom. The van der Waals surface area contributed by atoms with Gasteiger partial charge in [0.15, 0.2) is 5.16 Å². The topological polar surface area (TPSA) is 58.4 Å². The lowest BCUT2D eigenvalue weighted by Crippen LogP contribution is -2.48. The normalized spacial score (nSPS) is 22.5. The van der Waals surface area contributed by atoms with Crippen LogP contribution in [0.25, 0.3) is 11.0 Å². The van der Waals surface area contributed by atoms with E-state index in [9.17, 15) is 9.59 Å². The van der Waals surface area contributed by atoms with Gasteiger partial charge in [-0.2, -0.15) is 0 Å². The molecule has 2 aromatic rings. The van der Waals surface area contributed by atoms with Crippen molar-refractivity contribution < 1.29 is 9.59 Å². The van der Waals surface area contributed by atoms with Crippen molar-refractivity contribution >= 4 is 34.6 Å². The number of carbonyl (C=O) groups excluding carboxylic acids is 2. The van der Waals surface area contributed by atoms with E-state index in [4.69, 9.17) is 4.98 Å². The third kappa shape index (κ3) is 4.51. The number of aromatic nitrogens is 2. The number of thioether (sulfide) groups is 1. The summed E-state index contributed by atoms with van der Waals surface area (Å²) < 4.78 is 1.99. The van der Waals surface area contributed by atoms with Gasteiger partial charge in [0.1, 0.15) is 6.54 Å². The molecule has 162 valence electrons. The van der Waals surface area contributed by atoms with Crippen molar-refractivity contribution in [3.8, 4) is 0 Å². The van der Waals surface area contributed by atoms with Crippen LogP contribution in [0.15, 0.2) is 29.4 Å². The molecule has 1 aromatic heterocycles. The lowest BCUT2D eigenvalue weighted by atomic mass is 9.98. The molecule has 1 aromatic carbocycles. The number of nitrogens with zero attached hydrogens (tertiary/aromatic N) is 4. The van der Waals surface area contributed by atoms with Gasteiger partial charge in [-0.3, -0.25) is 9.59 Å². The molecule has 0 bridgehead atoms. The lowest BCUT2D eigenvalue weighted by Gasteiger charge is -2.39. The van der Waals surface area contributed by atoms with Gasteiger partial charge >= 0.3 is 0 Å². The molecule has 2 aliphatic rings. The number of hydrogen-bond acceptors (Lipinski definition) is 4. The van der Waals surface area contributed by atoms with Gasteiger partial charge in [0, 0.05) is 25.2 Å². The number of para-hydroxylation sites is 2. The van der Waals surface area contributed by atoms with Crippen LogP contribution in [0.1, 0.15) is 52.4 Å². The molecule has 0 aliphatic carbocycles. The maximum absolute atomic E-state index is 13.0. The summed E-state index contributed by atoms with van der Waals surface area (Å²) in [6.07, 6.45) is 6.70. The summed E-state index contributed by atoms with van der Waals surface area (Å²) in [5, 5.41) is 0.757. The average molecular weight is 429 g/mol. The summed E-state index contributed by atoms with van der Waals surface area (Å²) in [4.78, 5) is 34.7. The largest absolute Gasteiger partial charge is 0.341 e. The maximum Gasteiger partial charge on any atom is 0.242 e. The van der Waals surface area contributed by atoms with Crippen molar-refractivity contribution in [3.05, 3.63) is 24.3 Å². The van der Waals surface area contributed by atoms with Crippen LogP contribution in [-0.4, -0.2) is 62.1 Å². The minimum Gasteiger partial charge on any atom is -0.341 e. The van der Waals surface area contributed by atoms with Crippen LogP contribution in [0, 0.1) is 0 Å². The van der Waals surface area contributed by atoms with Crippen LogP contribution >= 0.6 is 11.8 Å². The summed E-state index contributed by atoms with van der Waals surface area (Å²) in [6, 6.07) is 8.50. The Morgan fingerprint density at radius 3 is 2.43 bits per heavy atom. The van der Waals surface area contributed by atoms with E-state index in [0.29, 0.717) is 17.8 Å². The highest BCUT2D eigenvalue weighted by Crippen LogP contribution is 2.27. The molecule has 3 heterocycles. The van der Waals surface area contributed by atoms with Crippen molar-refractivity contribution in [2.75, 3.05) is 18.8 Å². The molecule has 0 saturated carbocycles. The van der Waals surface area contributed by atoms with Crippen LogP contribution < -0.4 is 0 Å². The molecule has 2 atom stereocenters. The molecular formula is C23H32N4O2S. The zero-order valence-corrected chi connectivity index (χ0v) is 18.9. The van der Waals surface area contributed by atoms with Crippen LogP contribution in [-0.2, 0) is 16.1 Å². The summed E-state index contributed by atoms with van der Waals surface area (Å²) in [5.74, 6) is 0.667. The molecular weight excluding hydrogens is 396 g/mol. The second kappa shape index (κ2) is 9.41. The minimum absolute atomic E-state index is 0.143. The molecule has 2 saturated heterocycles. The summed E-state index contributed by atoms with van der Waals surface area (Å²) in [5.41, 5.74) is 1.83. The fourth-order valence-corrected chi connectivity index (χ4v) is 5.69. The van der Waals surface area contributed by atoms with E-state index in [1.165, 1.54) is 24.6 Å². The molecule has 2 amide bonds. The molecule has 4 rings (SSSR count). The van der Waals surface area contributed by atoms with E-state index in [1.807, 2.05) is 38.6 Å². The first-order valence-electron chi connectivity index (χ1n) is 11.2. The van der Waals surface area contributed by atoms with Crippen molar-refractivity contribution in [1.82, 2.24) is 19.4 Å². The van der Waals surface area contributed by atoms with Gasteiger partial charge in [0.25, 0.3) is 0 Å². The molecule has 0 radical (unpaired) electrons. The maximum atomic E-state index is 13.0. The SMILES string of the molecule is C[C@@H]1CCC[C@H](C)N1C(=O)CSc1nc2ccccc2n1CC(=O)N1CCCCC1. The van der Waals surface area contributed by atoms with Gasteiger partial charge in [-0.05, 0) is 64.5 Å². The predicted octanol–water partition coefficient (Wildman–Crippen LogP) is 3.93. The van der Waals surface area contributed by atoms with Crippen molar-refractivity contribution in [2.24, 2.45) is 0 Å². The Balaban J connectivity index is 1.51. The van der Waals surface area contributed by atoms with E-state index in [2.05, 4.69) is 13.8 Å². The zero-order chi connectivity index (χ0) is 21.1. The van der Waals surface area contributed by atoms with Gasteiger partial charge < -0.3 is 14.4 Å². The predicted molar refractivity (Wildman–Crippen MR) is 121 cm³/mol. The standard InChI is InChI=1S/C23H32N4O2S/c1-17-9-8-10-18(2)27(17)22(29)16-30-23-24-19-11-4-5-12-20(19)26(23)15-21(28)25-13-6-3-7-14-25/h4-5,11-12,17-18H,3,6-10,13-16H2,1-2H3/t17-,18+. The Kier molecular flexibility index (Phi) is 6.66. The average Bonchev–Trinajstić information content (AvgIpc) is 3.10. The molecule has 0 spiro atoms. The minimum atomic E-state index is 0.143. The van der Waals surface area contributed by atoms with Crippen LogP contribution in [0.4, 0.5) is 0 Å². The number of carbonyl (C=O) groups is 2. The Labute approximate surface area is 183 Å². The first kappa shape index (κ1) is 21.2. The summed E-state index contributed by atoms with van der Waals surface area (Å²) in [7, 11) is 0. The fourth-order valence-electron chi connectivity index (χ4n) is 4.81. The highest BCUT2D eigenvalue weighted by molar-refractivity contribution is 7.99. The molecule has 30 heavy (non-hydrogen) atoms. The number of piperidine rings is 2. The quantitative estimate of drug-likeness (QED) is 0.677. The summed E-state index contributed by atoms with van der Waals surface area (Å²) >= 11 is 1.46. The van der Waals surface area contributed by atoms with E-state index in [0.717, 1.165) is 55.0 Å². The number of amides is 2. The molecule has 0 unspecified atom stereocenters. The molecule has 6 nitrogen and oxygen atoms in total. The van der Waals surface area contributed by atoms with Crippen LogP contribution in [0.5, 0.6) is 0 Å². The van der Waals surface area contributed by atoms with E-state index in [1.54, 1.807) is 0 Å². The first-order chi connectivity index (χ1) is 14.5. The van der Waals surface area contributed by atoms with Gasteiger partial charge in [-0.25, -0.2) is 4.98 Å². The second-order valence-corrected chi connectivity index (χ2v) is 9.57. The molecule has 2 aliphatic heterocycles. The monoisotopic (exact) mass is 428 g/mol. The van der Waals surface area contributed by atoms with Crippen LogP contribution in [0.2, 0.25) is 0 Å². The second-order valence-electron chi connectivity index (χ2n) is 8.63. The number of hydrogen-bond donors (Lipinski definition) is 0.